The first-order chi connectivity index (χ1) is 33.8. The highest BCUT2D eigenvalue weighted by molar-refractivity contribution is 5.71. The van der Waals surface area contributed by atoms with Gasteiger partial charge in [0.15, 0.2) is 6.10 Å². The molecule has 2 unspecified atom stereocenters. The van der Waals surface area contributed by atoms with Gasteiger partial charge in [-0.2, -0.15) is 0 Å². The van der Waals surface area contributed by atoms with Crippen LogP contribution in [0.5, 0.6) is 0 Å². The van der Waals surface area contributed by atoms with Crippen molar-refractivity contribution in [3.8, 4) is 0 Å². The average molecular weight is 976 g/mol. The third-order valence-corrected chi connectivity index (χ3v) is 15.2. The van der Waals surface area contributed by atoms with Crippen molar-refractivity contribution in [2.75, 3.05) is 13.2 Å². The molecule has 0 bridgehead atoms. The highest BCUT2D eigenvalue weighted by atomic mass is 16.6. The Morgan fingerprint density at radius 2 is 0.507 bits per heavy atom. The van der Waals surface area contributed by atoms with Crippen molar-refractivity contribution in [2.45, 2.75) is 362 Å². The summed E-state index contributed by atoms with van der Waals surface area (Å²) >= 11 is 0. The molecule has 0 spiro atoms. The number of esters is 3. The molecule has 0 radical (unpaired) electrons. The molecule has 0 aromatic rings. The largest absolute Gasteiger partial charge is 0.462 e. The lowest BCUT2D eigenvalue weighted by atomic mass is 9.99. The molecule has 0 fully saturated rings. The van der Waals surface area contributed by atoms with Crippen LogP contribution >= 0.6 is 0 Å². The molecule has 0 N–H and O–H groups in total. The van der Waals surface area contributed by atoms with Crippen LogP contribution in [0.25, 0.3) is 0 Å². The Balaban J connectivity index is 4.22. The molecule has 0 rings (SSSR count). The van der Waals surface area contributed by atoms with Gasteiger partial charge in [0.2, 0.25) is 0 Å². The number of carbonyl (C=O) groups is 3. The standard InChI is InChI=1S/C63H122O6/c1-6-9-10-11-12-13-26-33-38-43-48-53-61(64)67-56-60(69-63(66)55-50-45-40-35-30-25-21-20-23-28-32-37-42-47-52-59(5)8-3)57-68-62(65)54-49-44-39-34-29-24-19-17-15-14-16-18-22-27-31-36-41-46-51-58(4)7-2/h58-60H,6-57H2,1-5H3/t58?,59?,60-/m0/s1. The number of carbonyl (C=O) groups excluding carboxylic acids is 3. The molecule has 0 aliphatic carbocycles. The molecule has 0 aromatic heterocycles. The zero-order chi connectivity index (χ0) is 50.4. The van der Waals surface area contributed by atoms with Crippen LogP contribution in [0.4, 0.5) is 0 Å². The summed E-state index contributed by atoms with van der Waals surface area (Å²) in [6.45, 7) is 11.5. The van der Waals surface area contributed by atoms with Crippen molar-refractivity contribution in [1.29, 1.82) is 0 Å². The third kappa shape index (κ3) is 54.0. The van der Waals surface area contributed by atoms with Crippen molar-refractivity contribution < 1.29 is 28.6 Å². The van der Waals surface area contributed by atoms with Crippen molar-refractivity contribution in [3.63, 3.8) is 0 Å². The topological polar surface area (TPSA) is 78.9 Å². The van der Waals surface area contributed by atoms with E-state index >= 15 is 0 Å². The van der Waals surface area contributed by atoms with Gasteiger partial charge in [0, 0.05) is 19.3 Å². The van der Waals surface area contributed by atoms with Gasteiger partial charge in [0.05, 0.1) is 0 Å². The maximum absolute atomic E-state index is 12.9. The fraction of sp³-hybridized carbons (Fsp3) is 0.952. The van der Waals surface area contributed by atoms with Gasteiger partial charge in [-0.3, -0.25) is 14.4 Å². The van der Waals surface area contributed by atoms with E-state index in [0.29, 0.717) is 19.3 Å². The van der Waals surface area contributed by atoms with Gasteiger partial charge >= 0.3 is 17.9 Å². The van der Waals surface area contributed by atoms with Crippen molar-refractivity contribution >= 4 is 17.9 Å². The van der Waals surface area contributed by atoms with Crippen LogP contribution in [0.2, 0.25) is 0 Å². The predicted molar refractivity (Wildman–Crippen MR) is 298 cm³/mol. The molecule has 0 amide bonds. The van der Waals surface area contributed by atoms with Gasteiger partial charge in [0.1, 0.15) is 13.2 Å². The molecule has 0 heterocycles. The summed E-state index contributed by atoms with van der Waals surface area (Å²) in [6, 6.07) is 0. The zero-order valence-corrected chi connectivity index (χ0v) is 47.5. The fourth-order valence-corrected chi connectivity index (χ4v) is 9.69. The fourth-order valence-electron chi connectivity index (χ4n) is 9.69. The van der Waals surface area contributed by atoms with E-state index < -0.39 is 6.10 Å². The molecule has 410 valence electrons. The molecule has 3 atom stereocenters. The minimum Gasteiger partial charge on any atom is -0.462 e. The number of rotatable bonds is 57. The van der Waals surface area contributed by atoms with E-state index in [1.165, 1.54) is 244 Å². The number of hydrogen-bond donors (Lipinski definition) is 0. The van der Waals surface area contributed by atoms with Crippen LogP contribution in [-0.4, -0.2) is 37.2 Å². The molecule has 0 aromatic carbocycles. The second kappa shape index (κ2) is 55.7. The molecule has 0 aliphatic heterocycles. The van der Waals surface area contributed by atoms with Gasteiger partial charge in [-0.25, -0.2) is 0 Å². The van der Waals surface area contributed by atoms with E-state index in [1.54, 1.807) is 0 Å². The van der Waals surface area contributed by atoms with E-state index in [1.807, 2.05) is 0 Å². The van der Waals surface area contributed by atoms with E-state index in [-0.39, 0.29) is 31.1 Å². The lowest BCUT2D eigenvalue weighted by Crippen LogP contribution is -2.30. The molecular formula is C63H122O6. The van der Waals surface area contributed by atoms with E-state index in [9.17, 15) is 14.4 Å². The highest BCUT2D eigenvalue weighted by Gasteiger charge is 2.19. The molecule has 69 heavy (non-hydrogen) atoms. The Bertz CT molecular complexity index is 1060. The smallest absolute Gasteiger partial charge is 0.306 e. The maximum Gasteiger partial charge on any atom is 0.306 e. The van der Waals surface area contributed by atoms with Crippen LogP contribution in [0.15, 0.2) is 0 Å². The van der Waals surface area contributed by atoms with Crippen LogP contribution in [-0.2, 0) is 28.6 Å². The number of ether oxygens (including phenoxy) is 3. The lowest BCUT2D eigenvalue weighted by molar-refractivity contribution is -0.167. The third-order valence-electron chi connectivity index (χ3n) is 15.2. The first-order valence-electron chi connectivity index (χ1n) is 31.3. The summed E-state index contributed by atoms with van der Waals surface area (Å²) in [4.78, 5) is 38.2. The van der Waals surface area contributed by atoms with Crippen LogP contribution in [0.3, 0.4) is 0 Å². The minimum absolute atomic E-state index is 0.0621. The summed E-state index contributed by atoms with van der Waals surface area (Å²) in [5.41, 5.74) is 0. The summed E-state index contributed by atoms with van der Waals surface area (Å²) < 4.78 is 16.9. The molecule has 0 saturated heterocycles. The molecule has 0 saturated carbocycles. The normalized spacial score (nSPS) is 12.8. The number of hydrogen-bond acceptors (Lipinski definition) is 6. The Labute approximate surface area is 431 Å². The predicted octanol–water partition coefficient (Wildman–Crippen LogP) is 20.8. The second-order valence-electron chi connectivity index (χ2n) is 22.2. The summed E-state index contributed by atoms with van der Waals surface area (Å²) in [5.74, 6) is 0.970. The molecule has 6 heteroatoms. The van der Waals surface area contributed by atoms with E-state index in [2.05, 4.69) is 34.6 Å². The van der Waals surface area contributed by atoms with Gasteiger partial charge < -0.3 is 14.2 Å². The van der Waals surface area contributed by atoms with Gasteiger partial charge in [-0.1, -0.05) is 317 Å². The molecular weight excluding hydrogens is 853 g/mol. The molecule has 6 nitrogen and oxygen atoms in total. The number of unbranched alkanes of at least 4 members (excludes halogenated alkanes) is 40. The molecule has 0 aliphatic rings. The Morgan fingerprint density at radius 1 is 0.290 bits per heavy atom. The van der Waals surface area contributed by atoms with Crippen LogP contribution in [0, 0.1) is 11.8 Å². The Hall–Kier alpha value is -1.59. The second-order valence-corrected chi connectivity index (χ2v) is 22.2. The van der Waals surface area contributed by atoms with Crippen LogP contribution < -0.4 is 0 Å². The van der Waals surface area contributed by atoms with Gasteiger partial charge in [-0.15, -0.1) is 0 Å². The summed E-state index contributed by atoms with van der Waals surface area (Å²) in [5, 5.41) is 0. The Morgan fingerprint density at radius 3 is 0.754 bits per heavy atom. The van der Waals surface area contributed by atoms with E-state index in [4.69, 9.17) is 14.2 Å². The Kier molecular flexibility index (Phi) is 54.4. The summed E-state index contributed by atoms with van der Waals surface area (Å²) in [6.07, 6.45) is 60.9. The SMILES string of the molecule is CCCCCCCCCCCCCC(=O)OC[C@@H](COC(=O)CCCCCCCCCCCCCCCCCCCCC(C)CC)OC(=O)CCCCCCCCCCCCCCCCC(C)CC. The lowest BCUT2D eigenvalue weighted by Gasteiger charge is -2.18. The summed E-state index contributed by atoms with van der Waals surface area (Å²) in [7, 11) is 0. The minimum atomic E-state index is -0.763. The van der Waals surface area contributed by atoms with Crippen molar-refractivity contribution in [1.82, 2.24) is 0 Å². The van der Waals surface area contributed by atoms with Crippen molar-refractivity contribution in [3.05, 3.63) is 0 Å². The van der Waals surface area contributed by atoms with E-state index in [0.717, 1.165) is 69.6 Å². The van der Waals surface area contributed by atoms with Gasteiger partial charge in [0.25, 0.3) is 0 Å². The van der Waals surface area contributed by atoms with Crippen LogP contribution in [0.1, 0.15) is 356 Å². The maximum atomic E-state index is 12.9. The first kappa shape index (κ1) is 67.4. The average Bonchev–Trinajstić information content (AvgIpc) is 3.35. The quantitative estimate of drug-likeness (QED) is 0.0343. The highest BCUT2D eigenvalue weighted by Crippen LogP contribution is 2.19. The first-order valence-corrected chi connectivity index (χ1v) is 31.3. The van der Waals surface area contributed by atoms with Gasteiger partial charge in [-0.05, 0) is 31.1 Å². The zero-order valence-electron chi connectivity index (χ0n) is 47.5. The van der Waals surface area contributed by atoms with Crippen molar-refractivity contribution in [2.24, 2.45) is 11.8 Å². The monoisotopic (exact) mass is 975 g/mol.